The monoisotopic (exact) mass is 308 g/mol. The molecule has 0 aliphatic heterocycles. The fourth-order valence-corrected chi connectivity index (χ4v) is 2.84. The summed E-state index contributed by atoms with van der Waals surface area (Å²) in [5.74, 6) is -3.89. The van der Waals surface area contributed by atoms with E-state index in [2.05, 4.69) is 10.3 Å². The third-order valence-electron chi connectivity index (χ3n) is 3.23. The Hall–Kier alpha value is -2.08. The molecule has 0 aliphatic rings. The maximum absolute atomic E-state index is 13.7. The summed E-state index contributed by atoms with van der Waals surface area (Å²) < 4.78 is 40.8. The van der Waals surface area contributed by atoms with E-state index in [1.807, 2.05) is 17.5 Å². The molecule has 3 rings (SSSR count). The molecular weight excluding hydrogens is 297 g/mol. The van der Waals surface area contributed by atoms with Gasteiger partial charge in [-0.2, -0.15) is 0 Å². The van der Waals surface area contributed by atoms with Crippen LogP contribution in [0.2, 0.25) is 0 Å². The van der Waals surface area contributed by atoms with Gasteiger partial charge in [0, 0.05) is 6.20 Å². The Balaban J connectivity index is 1.88. The van der Waals surface area contributed by atoms with E-state index < -0.39 is 17.5 Å². The zero-order valence-corrected chi connectivity index (χ0v) is 11.8. The van der Waals surface area contributed by atoms with Crippen molar-refractivity contribution in [3.63, 3.8) is 0 Å². The molecule has 2 nitrogen and oxygen atoms in total. The molecule has 0 saturated heterocycles. The number of hydrogen-bond acceptors (Lipinski definition) is 3. The van der Waals surface area contributed by atoms with Gasteiger partial charge in [-0.1, -0.05) is 0 Å². The van der Waals surface area contributed by atoms with Gasteiger partial charge in [0.2, 0.25) is 0 Å². The smallest absolute Gasteiger partial charge is 0.196 e. The molecule has 6 heteroatoms. The number of rotatable bonds is 3. The minimum absolute atomic E-state index is 0.0762. The van der Waals surface area contributed by atoms with E-state index in [4.69, 9.17) is 0 Å². The predicted molar refractivity (Wildman–Crippen MR) is 78.0 cm³/mol. The normalized spacial score (nSPS) is 12.6. The number of anilines is 1. The molecule has 3 aromatic rings. The van der Waals surface area contributed by atoms with Crippen molar-refractivity contribution in [1.82, 2.24) is 4.98 Å². The Bertz CT molecular complexity index is 801. The number of nitrogens with zero attached hydrogens (tertiary/aromatic N) is 1. The van der Waals surface area contributed by atoms with Crippen molar-refractivity contribution in [3.05, 3.63) is 58.9 Å². The molecule has 108 valence electrons. The number of nitrogens with one attached hydrogen (secondary N) is 1. The summed E-state index contributed by atoms with van der Waals surface area (Å²) >= 11 is 1.56. The van der Waals surface area contributed by atoms with Gasteiger partial charge < -0.3 is 5.32 Å². The van der Waals surface area contributed by atoms with Gasteiger partial charge in [-0.3, -0.25) is 4.98 Å². The van der Waals surface area contributed by atoms with Crippen LogP contribution in [0.1, 0.15) is 18.5 Å². The molecule has 0 spiro atoms. The summed E-state index contributed by atoms with van der Waals surface area (Å²) in [6, 6.07) is 5.65. The second-order valence-corrected chi connectivity index (χ2v) is 5.61. The molecule has 1 aromatic carbocycles. The van der Waals surface area contributed by atoms with E-state index in [0.717, 1.165) is 21.8 Å². The average molecular weight is 308 g/mol. The topological polar surface area (TPSA) is 24.9 Å². The number of aromatic nitrogens is 1. The van der Waals surface area contributed by atoms with E-state index in [-0.39, 0.29) is 11.7 Å². The lowest BCUT2D eigenvalue weighted by Crippen LogP contribution is -2.09. The van der Waals surface area contributed by atoms with Crippen molar-refractivity contribution in [2.24, 2.45) is 0 Å². The minimum atomic E-state index is -1.47. The van der Waals surface area contributed by atoms with Crippen LogP contribution in [0.25, 0.3) is 10.2 Å². The number of hydrogen-bond donors (Lipinski definition) is 1. The number of fused-ring (bicyclic) bond motifs is 1. The number of halogens is 3. The first-order valence-electron chi connectivity index (χ1n) is 6.29. The Morgan fingerprint density at radius 2 is 1.95 bits per heavy atom. The van der Waals surface area contributed by atoms with Crippen molar-refractivity contribution in [2.45, 2.75) is 13.0 Å². The second-order valence-electron chi connectivity index (χ2n) is 4.66. The standard InChI is InChI=1S/C15H11F3N2S/c1-8(9-6-13-11(19-7-9)4-5-21-13)20-12-3-2-10(16)14(17)15(12)18/h2-8,20H,1H3. The summed E-state index contributed by atoms with van der Waals surface area (Å²) in [7, 11) is 0. The summed E-state index contributed by atoms with van der Waals surface area (Å²) in [6.07, 6.45) is 1.69. The predicted octanol–water partition coefficient (Wildman–Crippen LogP) is 4.89. The van der Waals surface area contributed by atoms with Crippen LogP contribution in [0.3, 0.4) is 0 Å². The highest BCUT2D eigenvalue weighted by Gasteiger charge is 2.16. The number of pyridine rings is 1. The van der Waals surface area contributed by atoms with Gasteiger partial charge in [0.25, 0.3) is 0 Å². The zero-order chi connectivity index (χ0) is 15.0. The molecule has 1 unspecified atom stereocenters. The van der Waals surface area contributed by atoms with Gasteiger partial charge in [-0.15, -0.1) is 11.3 Å². The Labute approximate surface area is 123 Å². The molecule has 0 radical (unpaired) electrons. The molecule has 2 heterocycles. The minimum Gasteiger partial charge on any atom is -0.376 e. The highest BCUT2D eigenvalue weighted by Crippen LogP contribution is 2.27. The van der Waals surface area contributed by atoms with E-state index >= 15 is 0 Å². The first-order valence-corrected chi connectivity index (χ1v) is 7.17. The van der Waals surface area contributed by atoms with Crippen molar-refractivity contribution in [3.8, 4) is 0 Å². The Morgan fingerprint density at radius 1 is 1.14 bits per heavy atom. The van der Waals surface area contributed by atoms with Crippen LogP contribution in [-0.4, -0.2) is 4.98 Å². The fraction of sp³-hybridized carbons (Fsp3) is 0.133. The summed E-state index contributed by atoms with van der Waals surface area (Å²) in [4.78, 5) is 4.30. The zero-order valence-electron chi connectivity index (χ0n) is 11.0. The molecule has 0 amide bonds. The first-order chi connectivity index (χ1) is 10.1. The van der Waals surface area contributed by atoms with Gasteiger partial charge in [0.1, 0.15) is 0 Å². The Morgan fingerprint density at radius 3 is 2.76 bits per heavy atom. The van der Waals surface area contributed by atoms with Crippen LogP contribution in [-0.2, 0) is 0 Å². The molecule has 0 aliphatic carbocycles. The molecule has 0 fully saturated rings. The first kappa shape index (κ1) is 13.9. The van der Waals surface area contributed by atoms with Crippen LogP contribution in [0.15, 0.2) is 35.8 Å². The highest BCUT2D eigenvalue weighted by molar-refractivity contribution is 7.17. The lowest BCUT2D eigenvalue weighted by Gasteiger charge is -2.16. The lowest BCUT2D eigenvalue weighted by molar-refractivity contribution is 0.448. The van der Waals surface area contributed by atoms with Crippen molar-refractivity contribution in [1.29, 1.82) is 0 Å². The van der Waals surface area contributed by atoms with Crippen molar-refractivity contribution < 1.29 is 13.2 Å². The summed E-state index contributed by atoms with van der Waals surface area (Å²) in [6.45, 7) is 1.80. The molecule has 1 N–H and O–H groups in total. The van der Waals surface area contributed by atoms with Gasteiger partial charge in [0.05, 0.1) is 21.9 Å². The van der Waals surface area contributed by atoms with E-state index in [0.29, 0.717) is 0 Å². The number of benzene rings is 1. The highest BCUT2D eigenvalue weighted by atomic mass is 32.1. The second kappa shape index (κ2) is 5.37. The van der Waals surface area contributed by atoms with Gasteiger partial charge >= 0.3 is 0 Å². The molecular formula is C15H11F3N2S. The quantitative estimate of drug-likeness (QED) is 0.697. The largest absolute Gasteiger partial charge is 0.376 e. The number of thiophene rings is 1. The molecule has 0 bridgehead atoms. The van der Waals surface area contributed by atoms with Crippen LogP contribution in [0.5, 0.6) is 0 Å². The molecule has 2 aromatic heterocycles. The van der Waals surface area contributed by atoms with Crippen LogP contribution in [0.4, 0.5) is 18.9 Å². The van der Waals surface area contributed by atoms with Gasteiger partial charge in [-0.05, 0) is 42.1 Å². The fourth-order valence-electron chi connectivity index (χ4n) is 2.05. The van der Waals surface area contributed by atoms with E-state index in [9.17, 15) is 13.2 Å². The SMILES string of the molecule is CC(Nc1ccc(F)c(F)c1F)c1cnc2ccsc2c1. The van der Waals surface area contributed by atoms with Crippen molar-refractivity contribution >= 4 is 27.2 Å². The average Bonchev–Trinajstić information content (AvgIpc) is 2.95. The third-order valence-corrected chi connectivity index (χ3v) is 4.08. The van der Waals surface area contributed by atoms with Gasteiger partial charge in [0.15, 0.2) is 17.5 Å². The Kier molecular flexibility index (Phi) is 3.55. The van der Waals surface area contributed by atoms with Crippen LogP contribution < -0.4 is 5.32 Å². The summed E-state index contributed by atoms with van der Waals surface area (Å²) in [5.41, 5.74) is 1.66. The van der Waals surface area contributed by atoms with Gasteiger partial charge in [-0.25, -0.2) is 13.2 Å². The maximum Gasteiger partial charge on any atom is 0.196 e. The summed E-state index contributed by atoms with van der Waals surface area (Å²) in [5, 5.41) is 4.77. The van der Waals surface area contributed by atoms with Crippen LogP contribution in [0, 0.1) is 17.5 Å². The van der Waals surface area contributed by atoms with Crippen molar-refractivity contribution in [2.75, 3.05) is 5.32 Å². The third kappa shape index (κ3) is 2.58. The van der Waals surface area contributed by atoms with E-state index in [1.54, 1.807) is 24.5 Å². The molecule has 21 heavy (non-hydrogen) atoms. The van der Waals surface area contributed by atoms with Crippen LogP contribution >= 0.6 is 11.3 Å². The molecule has 0 saturated carbocycles. The lowest BCUT2D eigenvalue weighted by atomic mass is 10.1. The maximum atomic E-state index is 13.7. The van der Waals surface area contributed by atoms with E-state index in [1.165, 1.54) is 6.07 Å². The molecule has 1 atom stereocenters.